The molecule has 1 nitrogen and oxygen atoms in total. The molecule has 0 amide bonds. The largest absolute Gasteiger partial charge is 0.378 e. The summed E-state index contributed by atoms with van der Waals surface area (Å²) >= 11 is 0. The summed E-state index contributed by atoms with van der Waals surface area (Å²) in [5.74, 6) is 5.05. The fraction of sp³-hybridized carbons (Fsp3) is 1.00. The second-order valence-corrected chi connectivity index (χ2v) is 9.73. The molecule has 0 aromatic carbocycles. The van der Waals surface area contributed by atoms with E-state index < -0.39 is 0 Å². The van der Waals surface area contributed by atoms with Crippen LogP contribution in [0.15, 0.2) is 0 Å². The van der Waals surface area contributed by atoms with E-state index >= 15 is 0 Å². The molecule has 0 N–H and O–H groups in total. The van der Waals surface area contributed by atoms with E-state index in [0.717, 1.165) is 36.2 Å². The summed E-state index contributed by atoms with van der Waals surface area (Å²) in [6.07, 6.45) is 22.3. The summed E-state index contributed by atoms with van der Waals surface area (Å²) in [6, 6.07) is 0. The summed E-state index contributed by atoms with van der Waals surface area (Å²) in [5.41, 5.74) is 0. The normalized spacial score (nSPS) is 40.1. The topological polar surface area (TPSA) is 9.23 Å². The molecule has 0 heterocycles. The molecule has 3 fully saturated rings. The Morgan fingerprint density at radius 1 is 0.600 bits per heavy atom. The van der Waals surface area contributed by atoms with Crippen molar-refractivity contribution in [3.8, 4) is 0 Å². The third-order valence-electron chi connectivity index (χ3n) is 8.09. The fourth-order valence-electron chi connectivity index (χ4n) is 6.16. The Kier molecular flexibility index (Phi) is 8.15. The maximum absolute atomic E-state index is 6.34. The van der Waals surface area contributed by atoms with Crippen molar-refractivity contribution in [2.75, 3.05) is 6.61 Å². The Morgan fingerprint density at radius 3 is 1.64 bits per heavy atom. The zero-order chi connectivity index (χ0) is 17.5. The third kappa shape index (κ3) is 5.98. The van der Waals surface area contributed by atoms with Gasteiger partial charge in [0.25, 0.3) is 0 Å². The van der Waals surface area contributed by atoms with Gasteiger partial charge in [0.1, 0.15) is 0 Å². The molecule has 0 atom stereocenters. The van der Waals surface area contributed by atoms with Crippen LogP contribution in [0.3, 0.4) is 0 Å². The average Bonchev–Trinajstić information content (AvgIpc) is 2.68. The molecule has 1 heteroatoms. The van der Waals surface area contributed by atoms with Crippen LogP contribution in [-0.4, -0.2) is 12.7 Å². The highest BCUT2D eigenvalue weighted by atomic mass is 16.5. The van der Waals surface area contributed by atoms with E-state index in [1.807, 2.05) is 0 Å². The average molecular weight is 349 g/mol. The summed E-state index contributed by atoms with van der Waals surface area (Å²) in [6.45, 7) is 5.77. The zero-order valence-electron chi connectivity index (χ0n) is 17.2. The Balaban J connectivity index is 1.29. The highest BCUT2D eigenvalue weighted by molar-refractivity contribution is 4.82. The fourth-order valence-corrected chi connectivity index (χ4v) is 6.16. The van der Waals surface area contributed by atoms with Gasteiger partial charge in [0, 0.05) is 6.61 Å². The molecule has 0 radical (unpaired) electrons. The van der Waals surface area contributed by atoms with Gasteiger partial charge in [0.2, 0.25) is 0 Å². The highest BCUT2D eigenvalue weighted by Gasteiger charge is 2.31. The van der Waals surface area contributed by atoms with E-state index in [0.29, 0.717) is 6.10 Å². The Labute approximate surface area is 157 Å². The van der Waals surface area contributed by atoms with E-state index in [-0.39, 0.29) is 0 Å². The molecule has 3 aliphatic carbocycles. The Morgan fingerprint density at radius 2 is 1.12 bits per heavy atom. The summed E-state index contributed by atoms with van der Waals surface area (Å²) in [7, 11) is 0. The van der Waals surface area contributed by atoms with Crippen molar-refractivity contribution >= 4 is 0 Å². The molecular weight excluding hydrogens is 304 g/mol. The van der Waals surface area contributed by atoms with E-state index in [1.54, 1.807) is 0 Å². The van der Waals surface area contributed by atoms with Gasteiger partial charge in [-0.05, 0) is 93.8 Å². The molecule has 0 aliphatic heterocycles. The summed E-state index contributed by atoms with van der Waals surface area (Å²) < 4.78 is 6.34. The zero-order valence-corrected chi connectivity index (χ0v) is 17.2. The molecule has 146 valence electrons. The Bertz CT molecular complexity index is 341. The second kappa shape index (κ2) is 10.3. The lowest BCUT2D eigenvalue weighted by molar-refractivity contribution is -0.0125. The van der Waals surface area contributed by atoms with Crippen molar-refractivity contribution in [1.29, 1.82) is 0 Å². The number of hydrogen-bond donors (Lipinski definition) is 0. The standard InChI is InChI=1S/C24H44O/c1-3-5-20-6-12-22(13-7-20)23-14-8-21(9-15-23)18-25-24-16-10-19(4-2)11-17-24/h19-24H,3-18H2,1-2H3. The number of ether oxygens (including phenoxy) is 1. The van der Waals surface area contributed by atoms with Crippen LogP contribution in [0, 0.1) is 29.6 Å². The smallest absolute Gasteiger partial charge is 0.0575 e. The lowest BCUT2D eigenvalue weighted by atomic mass is 9.69. The second-order valence-electron chi connectivity index (χ2n) is 9.73. The SMILES string of the molecule is CCCC1CCC(C2CCC(COC3CCC(CC)CC3)CC2)CC1. The lowest BCUT2D eigenvalue weighted by Crippen LogP contribution is -2.29. The minimum absolute atomic E-state index is 0.592. The van der Waals surface area contributed by atoms with Gasteiger partial charge in [0.05, 0.1) is 6.10 Å². The first-order valence-electron chi connectivity index (χ1n) is 11.9. The molecular formula is C24H44O. The first-order valence-corrected chi connectivity index (χ1v) is 11.9. The van der Waals surface area contributed by atoms with E-state index in [4.69, 9.17) is 4.74 Å². The van der Waals surface area contributed by atoms with Crippen LogP contribution in [0.2, 0.25) is 0 Å². The van der Waals surface area contributed by atoms with Crippen LogP contribution < -0.4 is 0 Å². The van der Waals surface area contributed by atoms with Crippen molar-refractivity contribution < 1.29 is 4.74 Å². The first-order chi connectivity index (χ1) is 12.3. The van der Waals surface area contributed by atoms with Gasteiger partial charge in [0.15, 0.2) is 0 Å². The van der Waals surface area contributed by atoms with Crippen LogP contribution in [0.25, 0.3) is 0 Å². The molecule has 25 heavy (non-hydrogen) atoms. The molecule has 3 saturated carbocycles. The Hall–Kier alpha value is -0.0400. The van der Waals surface area contributed by atoms with E-state index in [9.17, 15) is 0 Å². The number of rotatable bonds is 7. The molecule has 3 rings (SSSR count). The summed E-state index contributed by atoms with van der Waals surface area (Å²) in [4.78, 5) is 0. The molecule has 0 bridgehead atoms. The van der Waals surface area contributed by atoms with Gasteiger partial charge in [-0.25, -0.2) is 0 Å². The lowest BCUT2D eigenvalue weighted by Gasteiger charge is -2.38. The van der Waals surface area contributed by atoms with Crippen molar-refractivity contribution in [2.24, 2.45) is 29.6 Å². The molecule has 0 aromatic heterocycles. The van der Waals surface area contributed by atoms with Gasteiger partial charge in [-0.3, -0.25) is 0 Å². The van der Waals surface area contributed by atoms with Crippen LogP contribution in [0.5, 0.6) is 0 Å². The van der Waals surface area contributed by atoms with Crippen LogP contribution in [0.1, 0.15) is 110 Å². The van der Waals surface area contributed by atoms with Gasteiger partial charge in [-0.1, -0.05) is 46.0 Å². The van der Waals surface area contributed by atoms with E-state index in [1.165, 1.54) is 96.3 Å². The highest BCUT2D eigenvalue weighted by Crippen LogP contribution is 2.42. The van der Waals surface area contributed by atoms with Crippen LogP contribution in [0.4, 0.5) is 0 Å². The van der Waals surface area contributed by atoms with Gasteiger partial charge < -0.3 is 4.74 Å². The predicted octanol–water partition coefficient (Wildman–Crippen LogP) is 7.38. The molecule has 0 saturated heterocycles. The van der Waals surface area contributed by atoms with Gasteiger partial charge in [-0.2, -0.15) is 0 Å². The van der Waals surface area contributed by atoms with Gasteiger partial charge >= 0.3 is 0 Å². The quantitative estimate of drug-likeness (QED) is 0.466. The van der Waals surface area contributed by atoms with Crippen molar-refractivity contribution in [3.05, 3.63) is 0 Å². The monoisotopic (exact) mass is 348 g/mol. The minimum Gasteiger partial charge on any atom is -0.378 e. The van der Waals surface area contributed by atoms with Crippen LogP contribution >= 0.6 is 0 Å². The van der Waals surface area contributed by atoms with Crippen LogP contribution in [-0.2, 0) is 4.74 Å². The van der Waals surface area contributed by atoms with Gasteiger partial charge in [-0.15, -0.1) is 0 Å². The van der Waals surface area contributed by atoms with Crippen molar-refractivity contribution in [3.63, 3.8) is 0 Å². The molecule has 0 spiro atoms. The van der Waals surface area contributed by atoms with Crippen molar-refractivity contribution in [1.82, 2.24) is 0 Å². The maximum atomic E-state index is 6.34. The molecule has 0 unspecified atom stereocenters. The number of hydrogen-bond acceptors (Lipinski definition) is 1. The van der Waals surface area contributed by atoms with E-state index in [2.05, 4.69) is 13.8 Å². The summed E-state index contributed by atoms with van der Waals surface area (Å²) in [5, 5.41) is 0. The molecule has 0 aromatic rings. The minimum atomic E-state index is 0.592. The predicted molar refractivity (Wildman–Crippen MR) is 108 cm³/mol. The maximum Gasteiger partial charge on any atom is 0.0575 e. The first kappa shape index (κ1) is 19.7. The third-order valence-corrected chi connectivity index (χ3v) is 8.09. The molecule has 3 aliphatic rings. The van der Waals surface area contributed by atoms with Crippen molar-refractivity contribution in [2.45, 2.75) is 116 Å².